The monoisotopic (exact) mass is 839 g/mol. The molecule has 9 aromatic carbocycles. The molecule has 4 nitrogen and oxygen atoms in total. The van der Waals surface area contributed by atoms with Gasteiger partial charge in [-0.05, 0) is 69.8 Å². The molecule has 0 N–H and O–H groups in total. The van der Waals surface area contributed by atoms with Gasteiger partial charge in [0.1, 0.15) is 0 Å². The molecule has 290 valence electrons. The molecule has 0 atom stereocenters. The van der Waals surface area contributed by atoms with E-state index in [4.69, 9.17) is 0 Å². The van der Waals surface area contributed by atoms with E-state index in [1.165, 1.54) is 0 Å². The first kappa shape index (κ1) is 36.3. The fraction of sp³-hybridized carbons (Fsp3) is 0. The summed E-state index contributed by atoms with van der Waals surface area (Å²) in [5.41, 5.74) is 7.26. The normalized spacial score (nSPS) is 20.2. The van der Waals surface area contributed by atoms with Crippen molar-refractivity contribution < 1.29 is 13.7 Å². The summed E-state index contributed by atoms with van der Waals surface area (Å²) in [6, 6.07) is 71.8. The molecule has 0 amide bonds. The van der Waals surface area contributed by atoms with Crippen LogP contribution >= 0.6 is 21.4 Å². The smallest absolute Gasteiger partial charge is 0.175 e. The van der Waals surface area contributed by atoms with Crippen molar-refractivity contribution in [2.24, 2.45) is 0 Å². The number of anilines is 3. The molecule has 0 aliphatic carbocycles. The number of rotatable bonds is 6. The summed E-state index contributed by atoms with van der Waals surface area (Å²) in [4.78, 5) is 2.20. The van der Waals surface area contributed by atoms with Crippen LogP contribution in [0.5, 0.6) is 0 Å². The molecule has 0 unspecified atom stereocenters. The van der Waals surface area contributed by atoms with E-state index in [0.717, 1.165) is 33.4 Å². The topological polar surface area (TPSA) is 54.5 Å². The van der Waals surface area contributed by atoms with E-state index in [2.05, 4.69) is 77.7 Å². The molecule has 0 aromatic heterocycles. The van der Waals surface area contributed by atoms with Crippen LogP contribution in [0.4, 0.5) is 17.1 Å². The predicted molar refractivity (Wildman–Crippen MR) is 256 cm³/mol. The SMILES string of the molecule is O=P1(c2ccccc2)c2cc(-c3ccccc3)cc3c2N2c4c1cc(-c1ccccc1)cc4P(=O)(c1ccccc1)c1cc(-c4ccccc4)cc(c12)P3(=O)c1ccccc1. The molecule has 9 aromatic rings. The van der Waals surface area contributed by atoms with Gasteiger partial charge in [0.15, 0.2) is 21.4 Å². The highest BCUT2D eigenvalue weighted by Gasteiger charge is 2.56. The Morgan fingerprint density at radius 3 is 0.656 bits per heavy atom. The molecule has 0 fully saturated rings. The highest BCUT2D eigenvalue weighted by Crippen LogP contribution is 2.66. The average Bonchev–Trinajstić information content (AvgIpc) is 3.34. The summed E-state index contributed by atoms with van der Waals surface area (Å²) >= 11 is 0. The Morgan fingerprint density at radius 2 is 0.443 bits per heavy atom. The van der Waals surface area contributed by atoms with E-state index < -0.39 is 21.4 Å². The maximum Gasteiger partial charge on any atom is 0.175 e. The molecule has 61 heavy (non-hydrogen) atoms. The highest BCUT2D eigenvalue weighted by molar-refractivity contribution is 7.90. The van der Waals surface area contributed by atoms with Crippen LogP contribution in [0.25, 0.3) is 33.4 Å². The van der Waals surface area contributed by atoms with Crippen LogP contribution in [0.2, 0.25) is 0 Å². The lowest BCUT2D eigenvalue weighted by Gasteiger charge is -2.49. The van der Waals surface area contributed by atoms with Gasteiger partial charge in [0.25, 0.3) is 0 Å². The average molecular weight is 840 g/mol. The summed E-state index contributed by atoms with van der Waals surface area (Å²) in [6.45, 7) is 0. The van der Waals surface area contributed by atoms with Crippen molar-refractivity contribution >= 4 is 86.2 Å². The highest BCUT2D eigenvalue weighted by atomic mass is 31.2. The Labute approximate surface area is 354 Å². The van der Waals surface area contributed by atoms with Crippen molar-refractivity contribution in [2.75, 3.05) is 4.90 Å². The number of hydrogen-bond donors (Lipinski definition) is 0. The van der Waals surface area contributed by atoms with Crippen molar-refractivity contribution in [3.63, 3.8) is 0 Å². The van der Waals surface area contributed by atoms with Gasteiger partial charge in [-0.2, -0.15) is 0 Å². The fourth-order valence-electron chi connectivity index (χ4n) is 9.80. The van der Waals surface area contributed by atoms with Crippen LogP contribution in [0, 0.1) is 0 Å². The van der Waals surface area contributed by atoms with E-state index >= 15 is 13.7 Å². The van der Waals surface area contributed by atoms with Gasteiger partial charge >= 0.3 is 0 Å². The van der Waals surface area contributed by atoms with E-state index in [9.17, 15) is 0 Å². The minimum atomic E-state index is -3.83. The Balaban J connectivity index is 1.34. The third-order valence-corrected chi connectivity index (χ3v) is 21.8. The van der Waals surface area contributed by atoms with Gasteiger partial charge in [0, 0.05) is 47.7 Å². The minimum absolute atomic E-state index is 0.620. The van der Waals surface area contributed by atoms with E-state index in [-0.39, 0.29) is 0 Å². The van der Waals surface area contributed by atoms with Gasteiger partial charge in [0.05, 0.1) is 17.1 Å². The standard InChI is InChI=1S/C54H36NO3P3/c56-59(43-25-13-4-14-26-43)46-31-40(37-19-7-1-8-20-37)32-47-52(46)55-53-48(59)33-41(38-21-9-2-10-22-38)35-50(53)61(58,45-29-17-6-18-30-45)51-36-42(39-23-11-3-12-24-39)34-49(54(51)55)60(47,57)44-27-15-5-16-28-44/h1-36H. The van der Waals surface area contributed by atoms with Gasteiger partial charge < -0.3 is 18.6 Å². The maximum absolute atomic E-state index is 17.3. The molecular formula is C54H36NO3P3. The summed E-state index contributed by atoms with van der Waals surface area (Å²) in [6.07, 6.45) is 0. The molecule has 0 spiro atoms. The van der Waals surface area contributed by atoms with Gasteiger partial charge in [0.2, 0.25) is 0 Å². The molecule has 7 heteroatoms. The van der Waals surface area contributed by atoms with Crippen molar-refractivity contribution in [3.8, 4) is 33.4 Å². The van der Waals surface area contributed by atoms with Crippen molar-refractivity contribution in [3.05, 3.63) is 218 Å². The molecule has 0 saturated carbocycles. The number of nitrogens with zero attached hydrogens (tertiary/aromatic N) is 1. The molecule has 3 aliphatic rings. The van der Waals surface area contributed by atoms with Crippen LogP contribution in [-0.4, -0.2) is 0 Å². The van der Waals surface area contributed by atoms with Gasteiger partial charge in [-0.25, -0.2) is 0 Å². The summed E-state index contributed by atoms with van der Waals surface area (Å²) in [5.74, 6) is 0. The van der Waals surface area contributed by atoms with Crippen molar-refractivity contribution in [2.45, 2.75) is 0 Å². The zero-order valence-corrected chi connectivity index (χ0v) is 35.5. The van der Waals surface area contributed by atoms with E-state index in [1.54, 1.807) is 0 Å². The van der Waals surface area contributed by atoms with E-state index in [0.29, 0.717) is 64.8 Å². The van der Waals surface area contributed by atoms with Crippen LogP contribution < -0.4 is 52.6 Å². The predicted octanol–water partition coefficient (Wildman–Crippen LogP) is 10.0. The summed E-state index contributed by atoms with van der Waals surface area (Å²) in [7, 11) is -11.5. The Hall–Kier alpha value is -6.53. The Bertz CT molecular complexity index is 2930. The lowest BCUT2D eigenvalue weighted by atomic mass is 10.0. The van der Waals surface area contributed by atoms with Crippen molar-refractivity contribution in [1.82, 2.24) is 0 Å². The molecular weight excluding hydrogens is 804 g/mol. The number of benzene rings is 9. The lowest BCUT2D eigenvalue weighted by molar-refractivity contribution is 0.592. The lowest BCUT2D eigenvalue weighted by Crippen LogP contribution is -2.53. The maximum atomic E-state index is 17.3. The Morgan fingerprint density at radius 1 is 0.246 bits per heavy atom. The molecule has 3 aliphatic heterocycles. The molecule has 0 radical (unpaired) electrons. The zero-order valence-electron chi connectivity index (χ0n) is 32.8. The van der Waals surface area contributed by atoms with E-state index in [1.807, 2.05) is 146 Å². The largest absolute Gasteiger partial charge is 0.308 e. The van der Waals surface area contributed by atoms with Crippen LogP contribution in [0.3, 0.4) is 0 Å². The summed E-state index contributed by atoms with van der Waals surface area (Å²) < 4.78 is 51.9. The second kappa shape index (κ2) is 13.5. The van der Waals surface area contributed by atoms with Crippen molar-refractivity contribution in [1.29, 1.82) is 0 Å². The molecule has 0 saturated heterocycles. The summed E-state index contributed by atoms with van der Waals surface area (Å²) in [5, 5.41) is 5.71. The van der Waals surface area contributed by atoms with Crippen LogP contribution in [-0.2, 0) is 13.7 Å². The minimum Gasteiger partial charge on any atom is -0.308 e. The third kappa shape index (κ3) is 5.05. The fourth-order valence-corrected chi connectivity index (χ4v) is 19.3. The molecule has 12 rings (SSSR count). The van der Waals surface area contributed by atoms with Crippen LogP contribution in [0.15, 0.2) is 218 Å². The first-order chi connectivity index (χ1) is 29.9. The van der Waals surface area contributed by atoms with Crippen LogP contribution in [0.1, 0.15) is 0 Å². The molecule has 3 heterocycles. The number of hydrogen-bond acceptors (Lipinski definition) is 4. The second-order valence-corrected chi connectivity index (χ2v) is 24.0. The first-order valence-corrected chi connectivity index (χ1v) is 25.5. The van der Waals surface area contributed by atoms with Gasteiger partial charge in [-0.1, -0.05) is 182 Å². The third-order valence-electron chi connectivity index (χ3n) is 12.6. The quantitative estimate of drug-likeness (QED) is 0.157. The Kier molecular flexibility index (Phi) is 8.03. The second-order valence-electron chi connectivity index (χ2n) is 15.9. The first-order valence-electron chi connectivity index (χ1n) is 20.4. The molecule has 0 bridgehead atoms. The zero-order chi connectivity index (χ0) is 40.9. The van der Waals surface area contributed by atoms with Gasteiger partial charge in [-0.15, -0.1) is 0 Å². The van der Waals surface area contributed by atoms with Gasteiger partial charge in [-0.3, -0.25) is 0 Å².